The van der Waals surface area contributed by atoms with Crippen LogP contribution in [-0.4, -0.2) is 39.2 Å². The lowest BCUT2D eigenvalue weighted by Crippen LogP contribution is -2.30. The van der Waals surface area contributed by atoms with Crippen molar-refractivity contribution in [3.8, 4) is 0 Å². The van der Waals surface area contributed by atoms with E-state index in [1.807, 2.05) is 19.1 Å². The van der Waals surface area contributed by atoms with E-state index in [-0.39, 0.29) is 18.5 Å². The quantitative estimate of drug-likeness (QED) is 0.896. The number of hydrogen-bond donors (Lipinski definition) is 1. The Labute approximate surface area is 129 Å². The van der Waals surface area contributed by atoms with E-state index in [1.165, 1.54) is 29.5 Å². The summed E-state index contributed by atoms with van der Waals surface area (Å²) in [4.78, 5) is 14.4. The molecular formula is C15H20N6O. The summed E-state index contributed by atoms with van der Waals surface area (Å²) >= 11 is 0. The predicted octanol–water partition coefficient (Wildman–Crippen LogP) is 1.15. The van der Waals surface area contributed by atoms with Crippen molar-refractivity contribution in [3.63, 3.8) is 0 Å². The van der Waals surface area contributed by atoms with Crippen molar-refractivity contribution < 1.29 is 4.79 Å². The molecule has 0 unspecified atom stereocenters. The molecule has 1 aromatic carbocycles. The Kier molecular flexibility index (Phi) is 4.32. The number of nitrogens with zero attached hydrogens (tertiary/aromatic N) is 5. The molecule has 1 fully saturated rings. The van der Waals surface area contributed by atoms with E-state index in [4.69, 9.17) is 0 Å². The van der Waals surface area contributed by atoms with Crippen molar-refractivity contribution >= 4 is 11.6 Å². The number of hydrogen-bond acceptors (Lipinski definition) is 5. The van der Waals surface area contributed by atoms with Crippen LogP contribution in [0.2, 0.25) is 0 Å². The second kappa shape index (κ2) is 6.55. The normalized spacial score (nSPS) is 15.8. The molecule has 7 heteroatoms. The fraction of sp³-hybridized carbons (Fsp3) is 0.467. The first-order chi connectivity index (χ1) is 10.7. The molecule has 2 heterocycles. The molecule has 1 amide bonds. The third-order valence-electron chi connectivity index (χ3n) is 3.92. The molecule has 3 rings (SSSR count). The topological polar surface area (TPSA) is 75.9 Å². The highest BCUT2D eigenvalue weighted by Gasteiger charge is 2.15. The van der Waals surface area contributed by atoms with Gasteiger partial charge in [0.1, 0.15) is 12.9 Å². The zero-order chi connectivity index (χ0) is 15.4. The molecule has 1 aliphatic heterocycles. The Balaban J connectivity index is 1.62. The van der Waals surface area contributed by atoms with Gasteiger partial charge >= 0.3 is 0 Å². The Hall–Kier alpha value is -2.44. The van der Waals surface area contributed by atoms with Crippen molar-refractivity contribution in [1.82, 2.24) is 25.5 Å². The van der Waals surface area contributed by atoms with Crippen LogP contribution in [0.1, 0.15) is 31.4 Å². The molecule has 1 N–H and O–H groups in total. The molecule has 1 aliphatic rings. The lowest BCUT2D eigenvalue weighted by Gasteiger charge is -2.20. The van der Waals surface area contributed by atoms with E-state index in [0.717, 1.165) is 18.7 Å². The van der Waals surface area contributed by atoms with Crippen molar-refractivity contribution in [1.29, 1.82) is 0 Å². The minimum atomic E-state index is -0.105. The largest absolute Gasteiger partial charge is 0.372 e. The number of aromatic nitrogens is 4. The highest BCUT2D eigenvalue weighted by atomic mass is 16.2. The van der Waals surface area contributed by atoms with Gasteiger partial charge in [-0.25, -0.2) is 4.68 Å². The molecule has 7 nitrogen and oxygen atoms in total. The van der Waals surface area contributed by atoms with Crippen molar-refractivity contribution in [2.24, 2.45) is 0 Å². The van der Waals surface area contributed by atoms with Crippen LogP contribution in [0.25, 0.3) is 0 Å². The van der Waals surface area contributed by atoms with E-state index >= 15 is 0 Å². The molecule has 116 valence electrons. The van der Waals surface area contributed by atoms with Crippen LogP contribution < -0.4 is 10.2 Å². The Morgan fingerprint density at radius 3 is 2.91 bits per heavy atom. The van der Waals surface area contributed by atoms with E-state index < -0.39 is 0 Å². The van der Waals surface area contributed by atoms with Gasteiger partial charge < -0.3 is 10.2 Å². The molecule has 0 aliphatic carbocycles. The molecule has 0 saturated carbocycles. The van der Waals surface area contributed by atoms with Gasteiger partial charge in [0.2, 0.25) is 5.91 Å². The molecule has 22 heavy (non-hydrogen) atoms. The van der Waals surface area contributed by atoms with Gasteiger partial charge in [0.25, 0.3) is 0 Å². The predicted molar refractivity (Wildman–Crippen MR) is 82.3 cm³/mol. The summed E-state index contributed by atoms with van der Waals surface area (Å²) in [6.07, 6.45) is 3.93. The number of benzene rings is 1. The SMILES string of the molecule is C[C@H](NC(=O)Cn1cnnn1)c1cccc(N2CCCC2)c1. The molecule has 0 radical (unpaired) electrons. The van der Waals surface area contributed by atoms with Gasteiger partial charge in [-0.2, -0.15) is 0 Å². The lowest BCUT2D eigenvalue weighted by molar-refractivity contribution is -0.122. The number of rotatable bonds is 5. The smallest absolute Gasteiger partial charge is 0.242 e. The minimum absolute atomic E-state index is 0.0495. The number of anilines is 1. The monoisotopic (exact) mass is 300 g/mol. The van der Waals surface area contributed by atoms with E-state index in [1.54, 1.807) is 0 Å². The van der Waals surface area contributed by atoms with Gasteiger partial charge in [-0.3, -0.25) is 4.79 Å². The van der Waals surface area contributed by atoms with Gasteiger partial charge in [0, 0.05) is 18.8 Å². The number of carbonyl (C=O) groups excluding carboxylic acids is 1. The van der Waals surface area contributed by atoms with Crippen LogP contribution in [0.5, 0.6) is 0 Å². The molecule has 0 bridgehead atoms. The Bertz CT molecular complexity index is 621. The van der Waals surface area contributed by atoms with Gasteiger partial charge in [-0.15, -0.1) is 5.10 Å². The van der Waals surface area contributed by atoms with Crippen LogP contribution in [0, 0.1) is 0 Å². The number of tetrazole rings is 1. The van der Waals surface area contributed by atoms with Crippen LogP contribution in [-0.2, 0) is 11.3 Å². The molecule has 1 saturated heterocycles. The molecule has 1 aromatic heterocycles. The first-order valence-corrected chi connectivity index (χ1v) is 7.57. The number of amides is 1. The van der Waals surface area contributed by atoms with Crippen LogP contribution >= 0.6 is 0 Å². The van der Waals surface area contributed by atoms with Gasteiger partial charge in [0.15, 0.2) is 0 Å². The lowest BCUT2D eigenvalue weighted by atomic mass is 10.1. The van der Waals surface area contributed by atoms with Crippen molar-refractivity contribution in [2.75, 3.05) is 18.0 Å². The van der Waals surface area contributed by atoms with Gasteiger partial charge in [-0.05, 0) is 47.9 Å². The third-order valence-corrected chi connectivity index (χ3v) is 3.92. The minimum Gasteiger partial charge on any atom is -0.372 e. The van der Waals surface area contributed by atoms with Gasteiger partial charge in [0.05, 0.1) is 6.04 Å². The standard InChI is InChI=1S/C15H20N6O/c1-12(17-15(22)10-21-11-16-18-19-21)13-5-4-6-14(9-13)20-7-2-3-8-20/h4-6,9,11-12H,2-3,7-8,10H2,1H3,(H,17,22)/t12-/m0/s1. The molecule has 2 aromatic rings. The average molecular weight is 300 g/mol. The molecule has 0 spiro atoms. The second-order valence-electron chi connectivity index (χ2n) is 5.59. The third kappa shape index (κ3) is 3.41. The fourth-order valence-electron chi connectivity index (χ4n) is 2.74. The Morgan fingerprint density at radius 2 is 2.18 bits per heavy atom. The maximum absolute atomic E-state index is 12.0. The highest BCUT2D eigenvalue weighted by Crippen LogP contribution is 2.23. The fourth-order valence-corrected chi connectivity index (χ4v) is 2.74. The summed E-state index contributed by atoms with van der Waals surface area (Å²) in [5.41, 5.74) is 2.34. The summed E-state index contributed by atoms with van der Waals surface area (Å²) < 4.78 is 1.41. The zero-order valence-corrected chi connectivity index (χ0v) is 12.6. The number of nitrogens with one attached hydrogen (secondary N) is 1. The van der Waals surface area contributed by atoms with Crippen LogP contribution in [0.3, 0.4) is 0 Å². The first-order valence-electron chi connectivity index (χ1n) is 7.57. The summed E-state index contributed by atoms with van der Waals surface area (Å²) in [6.45, 7) is 4.34. The summed E-state index contributed by atoms with van der Waals surface area (Å²) in [6, 6.07) is 8.33. The summed E-state index contributed by atoms with van der Waals surface area (Å²) in [5.74, 6) is -0.105. The summed E-state index contributed by atoms with van der Waals surface area (Å²) in [5, 5.41) is 13.7. The van der Waals surface area contributed by atoms with Crippen LogP contribution in [0.15, 0.2) is 30.6 Å². The van der Waals surface area contributed by atoms with Crippen molar-refractivity contribution in [3.05, 3.63) is 36.2 Å². The maximum Gasteiger partial charge on any atom is 0.242 e. The van der Waals surface area contributed by atoms with E-state index in [0.29, 0.717) is 0 Å². The molecular weight excluding hydrogens is 280 g/mol. The summed E-state index contributed by atoms with van der Waals surface area (Å²) in [7, 11) is 0. The highest BCUT2D eigenvalue weighted by molar-refractivity contribution is 5.76. The van der Waals surface area contributed by atoms with Crippen molar-refractivity contribution in [2.45, 2.75) is 32.4 Å². The van der Waals surface area contributed by atoms with Crippen LogP contribution in [0.4, 0.5) is 5.69 Å². The maximum atomic E-state index is 12.0. The van der Waals surface area contributed by atoms with E-state index in [2.05, 4.69) is 37.9 Å². The zero-order valence-electron chi connectivity index (χ0n) is 12.6. The Morgan fingerprint density at radius 1 is 1.36 bits per heavy atom. The van der Waals surface area contributed by atoms with Gasteiger partial charge in [-0.1, -0.05) is 12.1 Å². The second-order valence-corrected chi connectivity index (χ2v) is 5.59. The first kappa shape index (κ1) is 14.5. The van der Waals surface area contributed by atoms with E-state index in [9.17, 15) is 4.79 Å². The number of carbonyl (C=O) groups is 1. The molecule has 1 atom stereocenters. The average Bonchev–Trinajstić information content (AvgIpc) is 3.20.